The van der Waals surface area contributed by atoms with Gasteiger partial charge in [-0.2, -0.15) is 0 Å². The molecule has 23 heavy (non-hydrogen) atoms. The zero-order chi connectivity index (χ0) is 15.4. The largest absolute Gasteiger partial charge is 0.306 e. The summed E-state index contributed by atoms with van der Waals surface area (Å²) in [6, 6.07) is 26.2. The van der Waals surface area contributed by atoms with Gasteiger partial charge in [-0.05, 0) is 23.8 Å². The fourth-order valence-electron chi connectivity index (χ4n) is 3.60. The number of carbonyl (C=O) groups is 1. The monoisotopic (exact) mass is 295 g/mol. The molecule has 1 heterocycles. The zero-order valence-electron chi connectivity index (χ0n) is 12.4. The molecule has 0 aliphatic heterocycles. The normalized spacial score (nSPS) is 12.4. The first kappa shape index (κ1) is 12.4. The first-order valence-corrected chi connectivity index (χ1v) is 7.69. The van der Waals surface area contributed by atoms with Gasteiger partial charge in [0.25, 0.3) is 0 Å². The van der Waals surface area contributed by atoms with Crippen molar-refractivity contribution in [3.8, 4) is 16.8 Å². The lowest BCUT2D eigenvalue weighted by Gasteiger charge is -2.09. The van der Waals surface area contributed by atoms with E-state index in [1.165, 1.54) is 0 Å². The third-order valence-corrected chi connectivity index (χ3v) is 4.55. The van der Waals surface area contributed by atoms with Crippen LogP contribution < -0.4 is 0 Å². The third kappa shape index (κ3) is 1.55. The molecule has 1 aliphatic carbocycles. The molecular weight excluding hydrogens is 282 g/mol. The Labute approximate surface area is 133 Å². The zero-order valence-corrected chi connectivity index (χ0v) is 12.4. The van der Waals surface area contributed by atoms with Crippen molar-refractivity contribution in [2.45, 2.75) is 0 Å². The van der Waals surface area contributed by atoms with Gasteiger partial charge in [-0.25, -0.2) is 0 Å². The maximum atomic E-state index is 13.0. The average Bonchev–Trinajstić information content (AvgIpc) is 3.10. The van der Waals surface area contributed by atoms with Crippen molar-refractivity contribution < 1.29 is 4.79 Å². The second-order valence-corrected chi connectivity index (χ2v) is 5.79. The summed E-state index contributed by atoms with van der Waals surface area (Å²) < 4.78 is 2.09. The Morgan fingerprint density at radius 2 is 1.30 bits per heavy atom. The van der Waals surface area contributed by atoms with Crippen molar-refractivity contribution in [1.29, 1.82) is 0 Å². The van der Waals surface area contributed by atoms with Crippen LogP contribution in [0.3, 0.4) is 0 Å². The van der Waals surface area contributed by atoms with E-state index in [9.17, 15) is 4.79 Å². The molecule has 0 unspecified atom stereocenters. The van der Waals surface area contributed by atoms with Gasteiger partial charge in [0.15, 0.2) is 0 Å². The Kier molecular flexibility index (Phi) is 2.39. The molecule has 0 saturated heterocycles. The van der Waals surface area contributed by atoms with E-state index >= 15 is 0 Å². The number of aromatic nitrogens is 1. The highest BCUT2D eigenvalue weighted by molar-refractivity contribution is 6.26. The molecule has 1 aliphatic rings. The lowest BCUT2D eigenvalue weighted by molar-refractivity contribution is 0.103. The first-order valence-electron chi connectivity index (χ1n) is 7.69. The molecule has 0 amide bonds. The number of ketones is 1. The summed E-state index contributed by atoms with van der Waals surface area (Å²) in [7, 11) is 0. The molecule has 3 aromatic carbocycles. The summed E-state index contributed by atoms with van der Waals surface area (Å²) in [5.74, 6) is 0.107. The molecule has 0 radical (unpaired) electrons. The highest BCUT2D eigenvalue weighted by Crippen LogP contribution is 2.44. The Hall–Kier alpha value is -3.13. The quantitative estimate of drug-likeness (QED) is 0.433. The molecule has 0 bridgehead atoms. The van der Waals surface area contributed by atoms with Gasteiger partial charge in [-0.3, -0.25) is 4.79 Å². The van der Waals surface area contributed by atoms with E-state index in [-0.39, 0.29) is 5.78 Å². The number of benzene rings is 3. The number of para-hydroxylation sites is 2. The van der Waals surface area contributed by atoms with Crippen molar-refractivity contribution in [2.24, 2.45) is 0 Å². The highest BCUT2D eigenvalue weighted by Gasteiger charge is 2.33. The molecule has 108 valence electrons. The van der Waals surface area contributed by atoms with Crippen molar-refractivity contribution in [1.82, 2.24) is 4.57 Å². The van der Waals surface area contributed by atoms with E-state index in [1.54, 1.807) is 0 Å². The molecule has 0 fully saturated rings. The summed E-state index contributed by atoms with van der Waals surface area (Å²) in [5, 5.41) is 1.13. The minimum atomic E-state index is 0.107. The van der Waals surface area contributed by atoms with Crippen molar-refractivity contribution in [2.75, 3.05) is 0 Å². The summed E-state index contributed by atoms with van der Waals surface area (Å²) in [5.41, 5.74) is 5.77. The van der Waals surface area contributed by atoms with Crippen LogP contribution >= 0.6 is 0 Å². The summed E-state index contributed by atoms with van der Waals surface area (Å²) in [6.07, 6.45) is 0. The summed E-state index contributed by atoms with van der Waals surface area (Å²) in [4.78, 5) is 13.0. The second-order valence-electron chi connectivity index (χ2n) is 5.79. The lowest BCUT2D eigenvalue weighted by atomic mass is 10.0. The van der Waals surface area contributed by atoms with Crippen LogP contribution in [-0.2, 0) is 0 Å². The number of hydrogen-bond donors (Lipinski definition) is 0. The summed E-state index contributed by atoms with van der Waals surface area (Å²) >= 11 is 0. The van der Waals surface area contributed by atoms with Crippen LogP contribution in [0.5, 0.6) is 0 Å². The molecule has 0 atom stereocenters. The Morgan fingerprint density at radius 3 is 2.13 bits per heavy atom. The standard InChI is InChI=1S/C21H13NO/c23-21-16-11-5-4-10-15(16)19-17-12-6-7-13-18(17)22(20(19)21)14-8-2-1-3-9-14/h1-13H. The van der Waals surface area contributed by atoms with E-state index < -0.39 is 0 Å². The number of fused-ring (bicyclic) bond motifs is 5. The van der Waals surface area contributed by atoms with Gasteiger partial charge in [-0.15, -0.1) is 0 Å². The van der Waals surface area contributed by atoms with Crippen molar-refractivity contribution >= 4 is 16.7 Å². The average molecular weight is 295 g/mol. The van der Waals surface area contributed by atoms with Crippen LogP contribution in [0.1, 0.15) is 16.1 Å². The Balaban J connectivity index is 1.98. The predicted octanol–water partition coefficient (Wildman–Crippen LogP) is 4.84. The van der Waals surface area contributed by atoms with Crippen molar-refractivity contribution in [3.05, 3.63) is 90.1 Å². The third-order valence-electron chi connectivity index (χ3n) is 4.55. The number of nitrogens with zero attached hydrogens (tertiary/aromatic N) is 1. The molecule has 0 spiro atoms. The van der Waals surface area contributed by atoms with E-state index in [2.05, 4.69) is 16.7 Å². The van der Waals surface area contributed by atoms with Crippen LogP contribution in [-0.4, -0.2) is 10.4 Å². The number of carbonyl (C=O) groups excluding carboxylic acids is 1. The molecule has 2 heteroatoms. The molecule has 4 aromatic rings. The maximum Gasteiger partial charge on any atom is 0.211 e. The van der Waals surface area contributed by atoms with Gasteiger partial charge in [0.05, 0.1) is 5.52 Å². The molecular formula is C21H13NO. The molecule has 0 N–H and O–H groups in total. The van der Waals surface area contributed by atoms with Gasteiger partial charge >= 0.3 is 0 Å². The Bertz CT molecular complexity index is 1060. The SMILES string of the molecule is O=C1c2ccccc2-c2c1n(-c1ccccc1)c1ccccc21. The van der Waals surface area contributed by atoms with E-state index in [1.807, 2.05) is 66.7 Å². The Morgan fingerprint density at radius 1 is 0.652 bits per heavy atom. The minimum absolute atomic E-state index is 0.107. The smallest absolute Gasteiger partial charge is 0.211 e. The lowest BCUT2D eigenvalue weighted by Crippen LogP contribution is -2.05. The van der Waals surface area contributed by atoms with Gasteiger partial charge in [-0.1, -0.05) is 60.7 Å². The van der Waals surface area contributed by atoms with Gasteiger partial charge in [0.1, 0.15) is 5.69 Å². The van der Waals surface area contributed by atoms with Crippen LogP contribution in [0, 0.1) is 0 Å². The van der Waals surface area contributed by atoms with Crippen LogP contribution in [0.25, 0.3) is 27.7 Å². The molecule has 2 nitrogen and oxygen atoms in total. The van der Waals surface area contributed by atoms with Gasteiger partial charge < -0.3 is 4.57 Å². The van der Waals surface area contributed by atoms with Gasteiger partial charge in [0, 0.05) is 22.2 Å². The van der Waals surface area contributed by atoms with E-state index in [4.69, 9.17) is 0 Å². The highest BCUT2D eigenvalue weighted by atomic mass is 16.1. The minimum Gasteiger partial charge on any atom is -0.306 e. The fraction of sp³-hybridized carbons (Fsp3) is 0. The molecule has 0 saturated carbocycles. The van der Waals surface area contributed by atoms with Gasteiger partial charge in [0.2, 0.25) is 5.78 Å². The van der Waals surface area contributed by atoms with Crippen LogP contribution in [0.4, 0.5) is 0 Å². The summed E-state index contributed by atoms with van der Waals surface area (Å²) in [6.45, 7) is 0. The number of rotatable bonds is 1. The second kappa shape index (κ2) is 4.43. The maximum absolute atomic E-state index is 13.0. The first-order chi connectivity index (χ1) is 11.4. The van der Waals surface area contributed by atoms with Crippen LogP contribution in [0.2, 0.25) is 0 Å². The molecule has 5 rings (SSSR count). The van der Waals surface area contributed by atoms with E-state index in [0.717, 1.165) is 39.0 Å². The van der Waals surface area contributed by atoms with E-state index in [0.29, 0.717) is 0 Å². The predicted molar refractivity (Wildman–Crippen MR) is 92.1 cm³/mol. The van der Waals surface area contributed by atoms with Crippen LogP contribution in [0.15, 0.2) is 78.9 Å². The topological polar surface area (TPSA) is 22.0 Å². The molecule has 1 aromatic heterocycles. The fourth-order valence-corrected chi connectivity index (χ4v) is 3.60. The van der Waals surface area contributed by atoms with Crippen molar-refractivity contribution in [3.63, 3.8) is 0 Å². The number of hydrogen-bond acceptors (Lipinski definition) is 1.